The molecule has 0 radical (unpaired) electrons. The first-order valence-corrected chi connectivity index (χ1v) is 13.2. The van der Waals surface area contributed by atoms with Crippen molar-refractivity contribution < 1.29 is 15.0 Å². The summed E-state index contributed by atoms with van der Waals surface area (Å²) in [5.74, 6) is 0. The maximum absolute atomic E-state index is 13.6. The Balaban J connectivity index is 1.49. The standard InChI is InChI=1S/C35H32N2O3/c1-37(26-34(39,27-16-6-2-7-17-27)28-18-8-3-9-19-28)33(38)36-32-25-15-14-24-31(32)35(40,29-20-10-4-11-21-29)30-22-12-5-13-23-30/h2-25,39-40H,26H2,1H3,(H,36,38). The summed E-state index contributed by atoms with van der Waals surface area (Å²) in [6.45, 7) is 0.0106. The van der Waals surface area contributed by atoms with Gasteiger partial charge in [-0.25, -0.2) is 4.79 Å². The minimum absolute atomic E-state index is 0.0106. The highest BCUT2D eigenvalue weighted by Gasteiger charge is 2.37. The molecule has 200 valence electrons. The summed E-state index contributed by atoms with van der Waals surface area (Å²) < 4.78 is 0. The van der Waals surface area contributed by atoms with E-state index in [2.05, 4.69) is 5.32 Å². The van der Waals surface area contributed by atoms with Crippen LogP contribution in [0.25, 0.3) is 0 Å². The summed E-state index contributed by atoms with van der Waals surface area (Å²) in [4.78, 5) is 15.1. The first kappa shape index (κ1) is 26.9. The lowest BCUT2D eigenvalue weighted by Crippen LogP contribution is -2.44. The average Bonchev–Trinajstić information content (AvgIpc) is 3.02. The van der Waals surface area contributed by atoms with Crippen LogP contribution in [-0.2, 0) is 11.2 Å². The fourth-order valence-corrected chi connectivity index (χ4v) is 5.15. The topological polar surface area (TPSA) is 72.8 Å². The molecule has 0 aliphatic heterocycles. The van der Waals surface area contributed by atoms with E-state index in [0.717, 1.165) is 0 Å². The Kier molecular flexibility index (Phi) is 7.78. The fourth-order valence-electron chi connectivity index (χ4n) is 5.15. The van der Waals surface area contributed by atoms with Gasteiger partial charge in [0, 0.05) is 18.3 Å². The molecular weight excluding hydrogens is 496 g/mol. The number of aliphatic hydroxyl groups is 2. The molecule has 5 aromatic carbocycles. The average molecular weight is 529 g/mol. The van der Waals surface area contributed by atoms with E-state index >= 15 is 0 Å². The third-order valence-electron chi connectivity index (χ3n) is 7.26. The van der Waals surface area contributed by atoms with Crippen LogP contribution in [-0.4, -0.2) is 34.7 Å². The maximum atomic E-state index is 13.6. The van der Waals surface area contributed by atoms with Crippen molar-refractivity contribution in [2.24, 2.45) is 0 Å². The van der Waals surface area contributed by atoms with Gasteiger partial charge in [-0.05, 0) is 28.3 Å². The molecule has 0 aliphatic carbocycles. The highest BCUT2D eigenvalue weighted by molar-refractivity contribution is 5.90. The third kappa shape index (κ3) is 5.25. The maximum Gasteiger partial charge on any atom is 0.321 e. The molecule has 0 saturated carbocycles. The predicted molar refractivity (Wildman–Crippen MR) is 159 cm³/mol. The van der Waals surface area contributed by atoms with Crippen molar-refractivity contribution in [2.45, 2.75) is 11.2 Å². The van der Waals surface area contributed by atoms with Gasteiger partial charge in [-0.3, -0.25) is 0 Å². The normalized spacial score (nSPS) is 11.6. The Hall–Kier alpha value is -4.71. The minimum Gasteiger partial charge on any atom is -0.379 e. The lowest BCUT2D eigenvalue weighted by Gasteiger charge is -2.34. The zero-order valence-corrected chi connectivity index (χ0v) is 22.3. The number of amides is 2. The zero-order valence-electron chi connectivity index (χ0n) is 22.3. The van der Waals surface area contributed by atoms with E-state index in [1.165, 1.54) is 4.90 Å². The summed E-state index contributed by atoms with van der Waals surface area (Å²) >= 11 is 0. The first-order valence-electron chi connectivity index (χ1n) is 13.2. The summed E-state index contributed by atoms with van der Waals surface area (Å²) in [5, 5.41) is 27.3. The summed E-state index contributed by atoms with van der Waals surface area (Å²) in [7, 11) is 1.65. The van der Waals surface area contributed by atoms with Crippen molar-refractivity contribution >= 4 is 11.7 Å². The first-order chi connectivity index (χ1) is 19.4. The third-order valence-corrected chi connectivity index (χ3v) is 7.26. The van der Waals surface area contributed by atoms with Gasteiger partial charge in [-0.1, -0.05) is 140 Å². The molecule has 5 rings (SSSR count). The molecule has 0 atom stereocenters. The van der Waals surface area contributed by atoms with Crippen LogP contribution in [0.5, 0.6) is 0 Å². The number of anilines is 1. The molecule has 0 saturated heterocycles. The minimum atomic E-state index is -1.51. The number of benzene rings is 5. The Morgan fingerprint density at radius 1 is 0.600 bits per heavy atom. The Morgan fingerprint density at radius 2 is 0.975 bits per heavy atom. The number of carbonyl (C=O) groups is 1. The molecule has 0 heterocycles. The van der Waals surface area contributed by atoms with Gasteiger partial charge in [0.2, 0.25) is 0 Å². The van der Waals surface area contributed by atoms with Crippen LogP contribution in [0, 0.1) is 0 Å². The predicted octanol–water partition coefficient (Wildman–Crippen LogP) is 6.37. The number of carbonyl (C=O) groups excluding carboxylic acids is 1. The molecule has 0 spiro atoms. The second-order valence-corrected chi connectivity index (χ2v) is 9.87. The molecule has 40 heavy (non-hydrogen) atoms. The number of nitrogens with one attached hydrogen (secondary N) is 1. The summed E-state index contributed by atoms with van der Waals surface area (Å²) in [6, 6.07) is 44.3. The van der Waals surface area contributed by atoms with Crippen LogP contribution >= 0.6 is 0 Å². The van der Waals surface area contributed by atoms with Crippen molar-refractivity contribution in [3.8, 4) is 0 Å². The van der Waals surface area contributed by atoms with E-state index in [4.69, 9.17) is 0 Å². The van der Waals surface area contributed by atoms with E-state index in [1.54, 1.807) is 13.1 Å². The van der Waals surface area contributed by atoms with Gasteiger partial charge >= 0.3 is 6.03 Å². The molecule has 0 bridgehead atoms. The Labute approximate surface area is 235 Å². The van der Waals surface area contributed by atoms with Crippen LogP contribution in [0.3, 0.4) is 0 Å². The highest BCUT2D eigenvalue weighted by Crippen LogP contribution is 2.40. The van der Waals surface area contributed by atoms with Crippen LogP contribution in [0.15, 0.2) is 146 Å². The molecule has 3 N–H and O–H groups in total. The van der Waals surface area contributed by atoms with Crippen molar-refractivity contribution in [3.63, 3.8) is 0 Å². The molecule has 2 amide bonds. The number of urea groups is 1. The van der Waals surface area contributed by atoms with Crippen LogP contribution in [0.2, 0.25) is 0 Å². The van der Waals surface area contributed by atoms with Crippen molar-refractivity contribution in [1.29, 1.82) is 0 Å². The number of hydrogen-bond donors (Lipinski definition) is 3. The van der Waals surface area contributed by atoms with Gasteiger partial charge in [0.1, 0.15) is 11.2 Å². The molecule has 5 aromatic rings. The lowest BCUT2D eigenvalue weighted by molar-refractivity contribution is 0.0547. The van der Waals surface area contributed by atoms with Crippen LogP contribution in [0.1, 0.15) is 27.8 Å². The second-order valence-electron chi connectivity index (χ2n) is 9.87. The van der Waals surface area contributed by atoms with Crippen molar-refractivity contribution in [1.82, 2.24) is 4.90 Å². The van der Waals surface area contributed by atoms with Gasteiger partial charge < -0.3 is 20.4 Å². The van der Waals surface area contributed by atoms with Crippen LogP contribution in [0.4, 0.5) is 10.5 Å². The van der Waals surface area contributed by atoms with E-state index < -0.39 is 17.2 Å². The number of rotatable bonds is 8. The van der Waals surface area contributed by atoms with Gasteiger partial charge in [-0.2, -0.15) is 0 Å². The van der Waals surface area contributed by atoms with Gasteiger partial charge in [0.25, 0.3) is 0 Å². The van der Waals surface area contributed by atoms with Crippen molar-refractivity contribution in [3.05, 3.63) is 173 Å². The Morgan fingerprint density at radius 3 is 1.43 bits per heavy atom. The zero-order chi connectivity index (χ0) is 28.0. The summed E-state index contributed by atoms with van der Waals surface area (Å²) in [6.07, 6.45) is 0. The molecule has 0 aliphatic rings. The van der Waals surface area contributed by atoms with E-state index in [-0.39, 0.29) is 6.54 Å². The molecule has 0 unspecified atom stereocenters. The number of nitrogens with zero attached hydrogens (tertiary/aromatic N) is 1. The van der Waals surface area contributed by atoms with E-state index in [0.29, 0.717) is 33.5 Å². The van der Waals surface area contributed by atoms with Crippen LogP contribution < -0.4 is 5.32 Å². The molecule has 0 aromatic heterocycles. The molecule has 0 fully saturated rings. The quantitative estimate of drug-likeness (QED) is 0.205. The fraction of sp³-hybridized carbons (Fsp3) is 0.114. The van der Waals surface area contributed by atoms with Gasteiger partial charge in [0.15, 0.2) is 0 Å². The number of hydrogen-bond acceptors (Lipinski definition) is 3. The van der Waals surface area contributed by atoms with Gasteiger partial charge in [-0.15, -0.1) is 0 Å². The molecular formula is C35H32N2O3. The summed E-state index contributed by atoms with van der Waals surface area (Å²) in [5.41, 5.74) is 0.793. The number of likely N-dealkylation sites (N-methyl/N-ethyl adjacent to an activating group) is 1. The second kappa shape index (κ2) is 11.6. The lowest BCUT2D eigenvalue weighted by atomic mass is 9.79. The smallest absolute Gasteiger partial charge is 0.321 e. The van der Waals surface area contributed by atoms with E-state index in [1.807, 2.05) is 140 Å². The molecule has 5 heteroatoms. The molecule has 5 nitrogen and oxygen atoms in total. The number of para-hydroxylation sites is 1. The SMILES string of the molecule is CN(CC(O)(c1ccccc1)c1ccccc1)C(=O)Nc1ccccc1C(O)(c1ccccc1)c1ccccc1. The monoisotopic (exact) mass is 528 g/mol. The van der Waals surface area contributed by atoms with E-state index in [9.17, 15) is 15.0 Å². The Bertz CT molecular complexity index is 1460. The largest absolute Gasteiger partial charge is 0.379 e. The van der Waals surface area contributed by atoms with Gasteiger partial charge in [0.05, 0.1) is 6.54 Å². The van der Waals surface area contributed by atoms with Crippen molar-refractivity contribution in [2.75, 3.05) is 18.9 Å². The highest BCUT2D eigenvalue weighted by atomic mass is 16.3.